The molecule has 19 heavy (non-hydrogen) atoms. The highest BCUT2D eigenvalue weighted by Gasteiger charge is 2.06. The number of hydrogen-bond acceptors (Lipinski definition) is 2. The lowest BCUT2D eigenvalue weighted by molar-refractivity contribution is 0.296. The van der Waals surface area contributed by atoms with Crippen LogP contribution in [0.2, 0.25) is 0 Å². The molecule has 0 atom stereocenters. The molecule has 0 unspecified atom stereocenters. The zero-order valence-electron chi connectivity index (χ0n) is 10.4. The smallest absolute Gasteiger partial charge is 0.129 e. The molecule has 0 spiro atoms. The van der Waals surface area contributed by atoms with Crippen molar-refractivity contribution in [3.8, 4) is 5.75 Å². The minimum absolute atomic E-state index is 0.201. The third-order valence-electron chi connectivity index (χ3n) is 2.78. The topological polar surface area (TPSA) is 35.2 Å². The van der Waals surface area contributed by atoms with Gasteiger partial charge in [-0.15, -0.1) is 0 Å². The second-order valence-corrected chi connectivity index (χ2v) is 5.09. The van der Waals surface area contributed by atoms with Crippen LogP contribution in [0.4, 0.5) is 4.39 Å². The quantitative estimate of drug-likeness (QED) is 0.911. The SMILES string of the molecule is NCCc1ccccc1OCc1cc(Br)ccc1F. The Morgan fingerprint density at radius 1 is 1.11 bits per heavy atom. The molecule has 2 nitrogen and oxygen atoms in total. The van der Waals surface area contributed by atoms with Crippen LogP contribution >= 0.6 is 15.9 Å². The zero-order chi connectivity index (χ0) is 13.7. The van der Waals surface area contributed by atoms with E-state index in [4.69, 9.17) is 10.5 Å². The van der Waals surface area contributed by atoms with Crippen molar-refractivity contribution >= 4 is 15.9 Å². The first kappa shape index (κ1) is 14.0. The molecular weight excluding hydrogens is 309 g/mol. The molecule has 0 bridgehead atoms. The molecular formula is C15H15BrFNO. The Morgan fingerprint density at radius 2 is 1.89 bits per heavy atom. The fourth-order valence-electron chi connectivity index (χ4n) is 1.82. The minimum atomic E-state index is -0.264. The van der Waals surface area contributed by atoms with E-state index in [2.05, 4.69) is 15.9 Å². The first-order valence-electron chi connectivity index (χ1n) is 6.05. The maximum atomic E-state index is 13.6. The molecule has 2 rings (SSSR count). The summed E-state index contributed by atoms with van der Waals surface area (Å²) in [5.41, 5.74) is 7.13. The molecule has 0 saturated heterocycles. The van der Waals surface area contributed by atoms with E-state index in [0.29, 0.717) is 12.1 Å². The molecule has 2 aromatic rings. The molecule has 0 aliphatic rings. The van der Waals surface area contributed by atoms with Gasteiger partial charge < -0.3 is 10.5 Å². The largest absolute Gasteiger partial charge is 0.489 e. The van der Waals surface area contributed by atoms with E-state index in [-0.39, 0.29) is 12.4 Å². The normalized spacial score (nSPS) is 10.5. The zero-order valence-corrected chi connectivity index (χ0v) is 12.0. The lowest BCUT2D eigenvalue weighted by Gasteiger charge is -2.11. The van der Waals surface area contributed by atoms with Crippen molar-refractivity contribution in [2.45, 2.75) is 13.0 Å². The number of halogens is 2. The monoisotopic (exact) mass is 323 g/mol. The van der Waals surface area contributed by atoms with Gasteiger partial charge in [-0.2, -0.15) is 0 Å². The van der Waals surface area contributed by atoms with E-state index < -0.39 is 0 Å². The van der Waals surface area contributed by atoms with Gasteiger partial charge in [0.15, 0.2) is 0 Å². The number of ether oxygens (including phenoxy) is 1. The molecule has 0 fully saturated rings. The lowest BCUT2D eigenvalue weighted by Crippen LogP contribution is -2.06. The van der Waals surface area contributed by atoms with Gasteiger partial charge in [-0.1, -0.05) is 34.1 Å². The summed E-state index contributed by atoms with van der Waals surface area (Å²) >= 11 is 3.32. The first-order valence-corrected chi connectivity index (χ1v) is 6.84. The van der Waals surface area contributed by atoms with Gasteiger partial charge in [0.05, 0.1) is 0 Å². The third kappa shape index (κ3) is 3.78. The fraction of sp³-hybridized carbons (Fsp3) is 0.200. The van der Waals surface area contributed by atoms with Gasteiger partial charge in [0.2, 0.25) is 0 Å². The molecule has 100 valence electrons. The van der Waals surface area contributed by atoms with Crippen LogP contribution in [0.15, 0.2) is 46.9 Å². The predicted molar refractivity (Wildman–Crippen MR) is 77.6 cm³/mol. The molecule has 4 heteroatoms. The van der Waals surface area contributed by atoms with Gasteiger partial charge >= 0.3 is 0 Å². The number of hydrogen-bond donors (Lipinski definition) is 1. The summed E-state index contributed by atoms with van der Waals surface area (Å²) in [6.45, 7) is 0.762. The summed E-state index contributed by atoms with van der Waals surface area (Å²) in [6, 6.07) is 12.5. The van der Waals surface area contributed by atoms with Gasteiger partial charge in [0, 0.05) is 10.0 Å². The van der Waals surface area contributed by atoms with Crippen LogP contribution in [-0.2, 0) is 13.0 Å². The summed E-state index contributed by atoms with van der Waals surface area (Å²) in [6.07, 6.45) is 0.747. The van der Waals surface area contributed by atoms with Crippen molar-refractivity contribution in [3.63, 3.8) is 0 Å². The van der Waals surface area contributed by atoms with Crippen LogP contribution < -0.4 is 10.5 Å². The Morgan fingerprint density at radius 3 is 2.68 bits per heavy atom. The third-order valence-corrected chi connectivity index (χ3v) is 3.27. The van der Waals surface area contributed by atoms with E-state index in [1.54, 1.807) is 12.1 Å². The molecule has 0 aliphatic carbocycles. The van der Waals surface area contributed by atoms with E-state index in [9.17, 15) is 4.39 Å². The number of rotatable bonds is 5. The second-order valence-electron chi connectivity index (χ2n) is 4.17. The van der Waals surface area contributed by atoms with Gasteiger partial charge in [0.25, 0.3) is 0 Å². The van der Waals surface area contributed by atoms with E-state index in [0.717, 1.165) is 22.2 Å². The molecule has 2 N–H and O–H groups in total. The van der Waals surface area contributed by atoms with E-state index >= 15 is 0 Å². The van der Waals surface area contributed by atoms with Crippen molar-refractivity contribution in [1.29, 1.82) is 0 Å². The molecule has 0 aliphatic heterocycles. The lowest BCUT2D eigenvalue weighted by atomic mass is 10.1. The minimum Gasteiger partial charge on any atom is -0.489 e. The van der Waals surface area contributed by atoms with Crippen molar-refractivity contribution < 1.29 is 9.13 Å². The first-order chi connectivity index (χ1) is 9.20. The predicted octanol–water partition coefficient (Wildman–Crippen LogP) is 3.67. The van der Waals surface area contributed by atoms with Crippen LogP contribution in [0, 0.1) is 5.82 Å². The van der Waals surface area contributed by atoms with Crippen LogP contribution in [0.1, 0.15) is 11.1 Å². The summed E-state index contributed by atoms with van der Waals surface area (Å²) in [7, 11) is 0. The molecule has 0 radical (unpaired) electrons. The van der Waals surface area contributed by atoms with Crippen molar-refractivity contribution in [3.05, 3.63) is 63.9 Å². The van der Waals surface area contributed by atoms with Gasteiger partial charge in [0.1, 0.15) is 18.2 Å². The standard InChI is InChI=1S/C15H15BrFNO/c16-13-5-6-14(17)12(9-13)10-19-15-4-2-1-3-11(15)7-8-18/h1-6,9H,7-8,10,18H2. The van der Waals surface area contributed by atoms with Crippen LogP contribution in [0.25, 0.3) is 0 Å². The average Bonchev–Trinajstić information content (AvgIpc) is 2.42. The Hall–Kier alpha value is -1.39. The van der Waals surface area contributed by atoms with Crippen LogP contribution in [0.3, 0.4) is 0 Å². The van der Waals surface area contributed by atoms with Crippen molar-refractivity contribution in [2.75, 3.05) is 6.54 Å². The van der Waals surface area contributed by atoms with Crippen LogP contribution in [-0.4, -0.2) is 6.54 Å². The highest BCUT2D eigenvalue weighted by molar-refractivity contribution is 9.10. The Labute approximate surface area is 120 Å². The highest BCUT2D eigenvalue weighted by atomic mass is 79.9. The maximum Gasteiger partial charge on any atom is 0.129 e. The summed E-state index contributed by atoms with van der Waals surface area (Å²) in [5.74, 6) is 0.492. The van der Waals surface area contributed by atoms with Gasteiger partial charge in [-0.25, -0.2) is 4.39 Å². The average molecular weight is 324 g/mol. The number of nitrogens with two attached hydrogens (primary N) is 1. The number of para-hydroxylation sites is 1. The van der Waals surface area contributed by atoms with Gasteiger partial charge in [-0.05, 0) is 42.8 Å². The molecule has 0 aromatic heterocycles. The number of benzene rings is 2. The Kier molecular flexibility index (Phi) is 4.93. The maximum absolute atomic E-state index is 13.6. The molecule has 2 aromatic carbocycles. The van der Waals surface area contributed by atoms with Crippen molar-refractivity contribution in [2.24, 2.45) is 5.73 Å². The van der Waals surface area contributed by atoms with Gasteiger partial charge in [-0.3, -0.25) is 0 Å². The second kappa shape index (κ2) is 6.68. The highest BCUT2D eigenvalue weighted by Crippen LogP contribution is 2.21. The molecule has 0 heterocycles. The van der Waals surface area contributed by atoms with Crippen molar-refractivity contribution in [1.82, 2.24) is 0 Å². The summed E-state index contributed by atoms with van der Waals surface area (Å²) in [4.78, 5) is 0. The Balaban J connectivity index is 2.12. The van der Waals surface area contributed by atoms with E-state index in [1.165, 1.54) is 6.07 Å². The summed E-state index contributed by atoms with van der Waals surface area (Å²) in [5, 5.41) is 0. The summed E-state index contributed by atoms with van der Waals surface area (Å²) < 4.78 is 20.1. The Bertz CT molecular complexity index is 560. The fourth-order valence-corrected chi connectivity index (χ4v) is 2.22. The molecule has 0 saturated carbocycles. The van der Waals surface area contributed by atoms with E-state index in [1.807, 2.05) is 24.3 Å². The van der Waals surface area contributed by atoms with Crippen LogP contribution in [0.5, 0.6) is 5.75 Å². The molecule has 0 amide bonds.